The number of aromatic nitrogens is 1. The van der Waals surface area contributed by atoms with Crippen LogP contribution >= 0.6 is 15.9 Å². The van der Waals surface area contributed by atoms with E-state index in [0.717, 1.165) is 23.7 Å². The highest BCUT2D eigenvalue weighted by Crippen LogP contribution is 2.20. The van der Waals surface area contributed by atoms with Crippen LogP contribution in [0.3, 0.4) is 0 Å². The molecular weight excluding hydrogens is 372 g/mol. The first-order valence-corrected chi connectivity index (χ1v) is 9.18. The first-order chi connectivity index (χ1) is 11.4. The van der Waals surface area contributed by atoms with E-state index in [-0.39, 0.29) is 23.7 Å². The van der Waals surface area contributed by atoms with E-state index in [9.17, 15) is 9.59 Å². The van der Waals surface area contributed by atoms with Crippen molar-refractivity contribution in [3.05, 3.63) is 22.8 Å². The molecule has 1 fully saturated rings. The lowest BCUT2D eigenvalue weighted by Crippen LogP contribution is -2.51. The summed E-state index contributed by atoms with van der Waals surface area (Å²) in [5, 5.41) is 2.82. The Morgan fingerprint density at radius 2 is 2.25 bits per heavy atom. The summed E-state index contributed by atoms with van der Waals surface area (Å²) in [4.78, 5) is 30.8. The fraction of sp³-hybridized carbons (Fsp3) is 0.588. The maximum Gasteiger partial charge on any atom is 0.239 e. The highest BCUT2D eigenvalue weighted by molar-refractivity contribution is 9.10. The number of likely N-dealkylation sites (tertiary alicyclic amines) is 1. The molecule has 132 valence electrons. The Labute approximate surface area is 151 Å². The topological polar surface area (TPSA) is 88.3 Å². The first-order valence-electron chi connectivity index (χ1n) is 8.39. The van der Waals surface area contributed by atoms with Gasteiger partial charge in [0, 0.05) is 23.8 Å². The van der Waals surface area contributed by atoms with Gasteiger partial charge in [-0.3, -0.25) is 9.59 Å². The van der Waals surface area contributed by atoms with Crippen LogP contribution < -0.4 is 11.1 Å². The van der Waals surface area contributed by atoms with Crippen LogP contribution in [-0.4, -0.2) is 40.8 Å². The van der Waals surface area contributed by atoms with E-state index >= 15 is 0 Å². The van der Waals surface area contributed by atoms with Gasteiger partial charge in [0.25, 0.3) is 0 Å². The van der Waals surface area contributed by atoms with E-state index in [1.807, 2.05) is 19.9 Å². The maximum atomic E-state index is 12.5. The molecule has 1 aromatic rings. The highest BCUT2D eigenvalue weighted by atomic mass is 79.9. The summed E-state index contributed by atoms with van der Waals surface area (Å²) in [5.41, 5.74) is 6.06. The summed E-state index contributed by atoms with van der Waals surface area (Å²) in [7, 11) is 0. The van der Waals surface area contributed by atoms with Crippen LogP contribution in [0.1, 0.15) is 33.1 Å². The molecule has 0 aliphatic carbocycles. The Balaban J connectivity index is 1.95. The Morgan fingerprint density at radius 1 is 1.50 bits per heavy atom. The molecule has 1 aromatic heterocycles. The molecule has 2 heterocycles. The molecule has 0 bridgehead atoms. The smallest absolute Gasteiger partial charge is 0.239 e. The van der Waals surface area contributed by atoms with Gasteiger partial charge < -0.3 is 16.0 Å². The molecule has 6 nitrogen and oxygen atoms in total. The van der Waals surface area contributed by atoms with E-state index in [0.29, 0.717) is 18.9 Å². The summed E-state index contributed by atoms with van der Waals surface area (Å²) < 4.78 is 0.856. The number of nitrogens with two attached hydrogens (primary N) is 1. The predicted molar refractivity (Wildman–Crippen MR) is 97.3 cm³/mol. The largest absolute Gasteiger partial charge is 0.341 e. The second kappa shape index (κ2) is 8.58. The van der Waals surface area contributed by atoms with Gasteiger partial charge in [0.1, 0.15) is 5.82 Å². The molecule has 1 aliphatic heterocycles. The lowest BCUT2D eigenvalue weighted by molar-refractivity contribution is -0.136. The lowest BCUT2D eigenvalue weighted by Gasteiger charge is -2.34. The Hall–Kier alpha value is -1.47. The Kier molecular flexibility index (Phi) is 6.74. The molecule has 3 unspecified atom stereocenters. The van der Waals surface area contributed by atoms with Crippen molar-refractivity contribution in [3.8, 4) is 0 Å². The van der Waals surface area contributed by atoms with Gasteiger partial charge in [-0.05, 0) is 46.8 Å². The van der Waals surface area contributed by atoms with E-state index in [4.69, 9.17) is 5.73 Å². The number of nitrogens with zero attached hydrogens (tertiary/aromatic N) is 2. The summed E-state index contributed by atoms with van der Waals surface area (Å²) in [6.07, 6.45) is 4.08. The van der Waals surface area contributed by atoms with Crippen molar-refractivity contribution in [2.75, 3.05) is 18.4 Å². The zero-order valence-electron chi connectivity index (χ0n) is 14.2. The van der Waals surface area contributed by atoms with E-state index in [2.05, 4.69) is 26.2 Å². The van der Waals surface area contributed by atoms with E-state index in [1.54, 1.807) is 17.2 Å². The van der Waals surface area contributed by atoms with Crippen LogP contribution in [0.25, 0.3) is 0 Å². The van der Waals surface area contributed by atoms with Gasteiger partial charge in [0.15, 0.2) is 0 Å². The summed E-state index contributed by atoms with van der Waals surface area (Å²) in [6, 6.07) is 3.07. The molecule has 2 rings (SSSR count). The molecule has 0 aromatic carbocycles. The normalized spacial score (nSPS) is 20.3. The minimum absolute atomic E-state index is 0.0522. The number of nitrogens with one attached hydrogen (secondary N) is 1. The maximum absolute atomic E-state index is 12.5. The molecule has 1 aliphatic rings. The van der Waals surface area contributed by atoms with Crippen LogP contribution in [0.4, 0.5) is 5.82 Å². The fourth-order valence-corrected chi connectivity index (χ4v) is 3.01. The average molecular weight is 397 g/mol. The second-order valence-corrected chi connectivity index (χ2v) is 7.30. The second-order valence-electron chi connectivity index (χ2n) is 6.39. The van der Waals surface area contributed by atoms with Crippen LogP contribution in [0.2, 0.25) is 0 Å². The van der Waals surface area contributed by atoms with Crippen molar-refractivity contribution in [2.45, 2.75) is 39.2 Å². The van der Waals surface area contributed by atoms with Crippen LogP contribution in [0, 0.1) is 11.8 Å². The number of carbonyl (C=O) groups is 2. The summed E-state index contributed by atoms with van der Waals surface area (Å²) in [5.74, 6) is 0.280. The quantitative estimate of drug-likeness (QED) is 0.799. The zero-order valence-corrected chi connectivity index (χ0v) is 15.8. The predicted octanol–water partition coefficient (Wildman–Crippen LogP) is 2.39. The molecular formula is C17H25BrN4O2. The minimum Gasteiger partial charge on any atom is -0.341 e. The highest BCUT2D eigenvalue weighted by Gasteiger charge is 2.32. The third-order valence-corrected chi connectivity index (χ3v) is 5.09. The number of hydrogen-bond donors (Lipinski definition) is 2. The monoisotopic (exact) mass is 396 g/mol. The van der Waals surface area contributed by atoms with Crippen molar-refractivity contribution in [2.24, 2.45) is 17.6 Å². The third kappa shape index (κ3) is 4.77. The molecule has 0 radical (unpaired) electrons. The zero-order chi connectivity index (χ0) is 17.7. The van der Waals surface area contributed by atoms with E-state index in [1.165, 1.54) is 0 Å². The van der Waals surface area contributed by atoms with Gasteiger partial charge in [0.05, 0.1) is 12.0 Å². The molecule has 3 N–H and O–H groups in total. The van der Waals surface area contributed by atoms with Gasteiger partial charge in [-0.25, -0.2) is 4.98 Å². The Bertz CT molecular complexity index is 578. The third-order valence-electron chi connectivity index (χ3n) is 4.62. The molecule has 7 heteroatoms. The number of amides is 2. The van der Waals surface area contributed by atoms with Gasteiger partial charge >= 0.3 is 0 Å². The van der Waals surface area contributed by atoms with Crippen LogP contribution in [0.15, 0.2) is 22.8 Å². The van der Waals surface area contributed by atoms with Crippen LogP contribution in [0.5, 0.6) is 0 Å². The molecule has 24 heavy (non-hydrogen) atoms. The van der Waals surface area contributed by atoms with E-state index < -0.39 is 6.04 Å². The molecule has 3 atom stereocenters. The molecule has 2 amide bonds. The van der Waals surface area contributed by atoms with Crippen molar-refractivity contribution in [3.63, 3.8) is 0 Å². The van der Waals surface area contributed by atoms with Crippen molar-refractivity contribution in [1.82, 2.24) is 9.88 Å². The van der Waals surface area contributed by atoms with Crippen molar-refractivity contribution in [1.29, 1.82) is 0 Å². The first kappa shape index (κ1) is 18.9. The number of hydrogen-bond acceptors (Lipinski definition) is 4. The number of carbonyl (C=O) groups excluding carboxylic acids is 2. The molecule has 0 saturated carbocycles. The standard InChI is InChI=1S/C17H25BrN4O2/c1-3-11(2)15(19)17(24)22-8-4-5-12(10-22)16(23)21-14-7-6-13(18)9-20-14/h6-7,9,11-12,15H,3-5,8,10,19H2,1-2H3,(H,20,21,23). The van der Waals surface area contributed by atoms with Crippen molar-refractivity contribution < 1.29 is 9.59 Å². The number of anilines is 1. The molecule has 0 spiro atoms. The van der Waals surface area contributed by atoms with Crippen LogP contribution in [-0.2, 0) is 9.59 Å². The van der Waals surface area contributed by atoms with Gasteiger partial charge in [0.2, 0.25) is 11.8 Å². The average Bonchev–Trinajstić information content (AvgIpc) is 2.61. The number of piperidine rings is 1. The number of pyridine rings is 1. The Morgan fingerprint density at radius 3 is 2.88 bits per heavy atom. The van der Waals surface area contributed by atoms with Gasteiger partial charge in [-0.2, -0.15) is 0 Å². The fourth-order valence-electron chi connectivity index (χ4n) is 2.78. The number of halogens is 1. The van der Waals surface area contributed by atoms with Gasteiger partial charge in [-0.15, -0.1) is 0 Å². The lowest BCUT2D eigenvalue weighted by atomic mass is 9.94. The molecule has 1 saturated heterocycles. The van der Waals surface area contributed by atoms with Gasteiger partial charge in [-0.1, -0.05) is 20.3 Å². The minimum atomic E-state index is -0.495. The number of rotatable bonds is 5. The summed E-state index contributed by atoms with van der Waals surface area (Å²) in [6.45, 7) is 5.10. The van der Waals surface area contributed by atoms with Crippen molar-refractivity contribution >= 4 is 33.6 Å². The SMILES string of the molecule is CCC(C)C(N)C(=O)N1CCCC(C(=O)Nc2ccc(Br)cn2)C1. The summed E-state index contributed by atoms with van der Waals surface area (Å²) >= 11 is 3.31.